The number of nitrogens with one attached hydrogen (secondary N) is 1. The van der Waals surface area contributed by atoms with Gasteiger partial charge in [0.05, 0.1) is 0 Å². The van der Waals surface area contributed by atoms with E-state index >= 15 is 0 Å². The Morgan fingerprint density at radius 2 is 2.17 bits per heavy atom. The highest BCUT2D eigenvalue weighted by Crippen LogP contribution is 2.29. The molecule has 0 bridgehead atoms. The number of aliphatic hydroxyl groups is 1. The highest BCUT2D eigenvalue weighted by molar-refractivity contribution is 7.99. The molecule has 1 atom stereocenters. The van der Waals surface area contributed by atoms with E-state index < -0.39 is 12.0 Å². The molecular weight excluding hydrogens is 269 g/mol. The monoisotopic (exact) mass is 282 g/mol. The zero-order valence-corrected chi connectivity index (χ0v) is 10.3. The molecule has 0 aliphatic heterocycles. The Morgan fingerprint density at radius 1 is 1.50 bits per heavy atom. The number of nitrogens with zero attached hydrogens (tertiary/aromatic N) is 2. The number of hydrogen-bond donors (Lipinski definition) is 3. The highest BCUT2D eigenvalue weighted by Gasteiger charge is 2.35. The fraction of sp³-hybridized carbons (Fsp3) is 0.556. The van der Waals surface area contributed by atoms with Crippen LogP contribution >= 0.6 is 11.8 Å². The second-order valence-corrected chi connectivity index (χ2v) is 4.70. The second-order valence-electron chi connectivity index (χ2n) is 3.66. The lowest BCUT2D eigenvalue weighted by molar-refractivity contribution is -0.145. The molecule has 1 aromatic rings. The predicted molar refractivity (Wildman–Crippen MR) is 61.8 cm³/mol. The first-order valence-electron chi connectivity index (χ1n) is 5.03. The van der Waals surface area contributed by atoms with Gasteiger partial charge in [-0.3, -0.25) is 0 Å². The van der Waals surface area contributed by atoms with Gasteiger partial charge in [0.2, 0.25) is 5.82 Å². The summed E-state index contributed by atoms with van der Waals surface area (Å²) < 4.78 is 37.5. The molecular formula is C9H13F3N4OS. The van der Waals surface area contributed by atoms with Gasteiger partial charge in [-0.25, -0.2) is 15.8 Å². The Labute approximate surface area is 106 Å². The third-order valence-corrected chi connectivity index (χ3v) is 3.17. The van der Waals surface area contributed by atoms with Gasteiger partial charge in [0.25, 0.3) is 0 Å². The number of aromatic nitrogens is 2. The largest absolute Gasteiger partial charge is 0.451 e. The van der Waals surface area contributed by atoms with E-state index in [0.29, 0.717) is 5.75 Å². The lowest BCUT2D eigenvalue weighted by Crippen LogP contribution is -2.16. The van der Waals surface area contributed by atoms with Crippen molar-refractivity contribution in [3.63, 3.8) is 0 Å². The average molecular weight is 282 g/mol. The van der Waals surface area contributed by atoms with Crippen LogP contribution in [0.25, 0.3) is 0 Å². The molecule has 1 unspecified atom stereocenters. The first kappa shape index (κ1) is 15.0. The average Bonchev–Trinajstić information content (AvgIpc) is 2.34. The van der Waals surface area contributed by atoms with Crippen LogP contribution in [0.5, 0.6) is 0 Å². The van der Waals surface area contributed by atoms with Crippen molar-refractivity contribution in [3.8, 4) is 0 Å². The van der Waals surface area contributed by atoms with Crippen LogP contribution in [0.3, 0.4) is 0 Å². The SMILES string of the molecule is CC(CO)CSc1cc(NN)nc(C(F)(F)F)n1. The summed E-state index contributed by atoms with van der Waals surface area (Å²) in [6, 6.07) is 1.32. The molecule has 0 amide bonds. The van der Waals surface area contributed by atoms with E-state index in [9.17, 15) is 13.2 Å². The van der Waals surface area contributed by atoms with Crippen LogP contribution in [0.2, 0.25) is 0 Å². The Bertz CT molecular complexity index is 402. The van der Waals surface area contributed by atoms with Gasteiger partial charge in [-0.05, 0) is 5.92 Å². The van der Waals surface area contributed by atoms with E-state index in [-0.39, 0.29) is 23.4 Å². The molecule has 1 heterocycles. The van der Waals surface area contributed by atoms with Gasteiger partial charge in [0.1, 0.15) is 10.8 Å². The van der Waals surface area contributed by atoms with Crippen LogP contribution in [-0.4, -0.2) is 27.4 Å². The number of rotatable bonds is 5. The highest BCUT2D eigenvalue weighted by atomic mass is 32.2. The van der Waals surface area contributed by atoms with E-state index in [1.165, 1.54) is 6.07 Å². The van der Waals surface area contributed by atoms with Gasteiger partial charge < -0.3 is 10.5 Å². The molecule has 9 heteroatoms. The maximum atomic E-state index is 12.5. The van der Waals surface area contributed by atoms with Crippen LogP contribution < -0.4 is 11.3 Å². The van der Waals surface area contributed by atoms with Crippen LogP contribution in [0.1, 0.15) is 12.7 Å². The summed E-state index contributed by atoms with van der Waals surface area (Å²) >= 11 is 1.11. The van der Waals surface area contributed by atoms with Gasteiger partial charge in [0.15, 0.2) is 0 Å². The minimum atomic E-state index is -4.62. The number of hydrazine groups is 1. The molecule has 0 fully saturated rings. The smallest absolute Gasteiger partial charge is 0.396 e. The van der Waals surface area contributed by atoms with E-state index in [0.717, 1.165) is 11.8 Å². The molecule has 0 aliphatic rings. The maximum Gasteiger partial charge on any atom is 0.451 e. The summed E-state index contributed by atoms with van der Waals surface area (Å²) in [5.74, 6) is 4.14. The Morgan fingerprint density at radius 3 is 2.67 bits per heavy atom. The minimum absolute atomic E-state index is 0.0337. The number of thioether (sulfide) groups is 1. The molecule has 1 rings (SSSR count). The van der Waals surface area contributed by atoms with Crippen molar-refractivity contribution >= 4 is 17.6 Å². The third-order valence-electron chi connectivity index (χ3n) is 1.93. The molecule has 0 aromatic carbocycles. The molecule has 0 saturated heterocycles. The topological polar surface area (TPSA) is 84.1 Å². The fourth-order valence-electron chi connectivity index (χ4n) is 0.980. The molecule has 0 saturated carbocycles. The van der Waals surface area contributed by atoms with Crippen LogP contribution in [0.4, 0.5) is 19.0 Å². The zero-order valence-electron chi connectivity index (χ0n) is 9.53. The molecule has 0 spiro atoms. The fourth-order valence-corrected chi connectivity index (χ4v) is 1.89. The van der Waals surface area contributed by atoms with Crippen molar-refractivity contribution < 1.29 is 18.3 Å². The summed E-state index contributed by atoms with van der Waals surface area (Å²) in [6.07, 6.45) is -4.62. The first-order chi connectivity index (χ1) is 8.36. The van der Waals surface area contributed by atoms with Crippen LogP contribution in [-0.2, 0) is 6.18 Å². The van der Waals surface area contributed by atoms with E-state index in [1.54, 1.807) is 6.92 Å². The van der Waals surface area contributed by atoms with Crippen LogP contribution in [0, 0.1) is 5.92 Å². The van der Waals surface area contributed by atoms with Gasteiger partial charge in [-0.15, -0.1) is 11.8 Å². The summed E-state index contributed by atoms with van der Waals surface area (Å²) in [5, 5.41) is 9.00. The molecule has 102 valence electrons. The minimum Gasteiger partial charge on any atom is -0.396 e. The zero-order chi connectivity index (χ0) is 13.8. The van der Waals surface area contributed by atoms with Crippen molar-refractivity contribution in [1.82, 2.24) is 9.97 Å². The van der Waals surface area contributed by atoms with Gasteiger partial charge in [-0.1, -0.05) is 6.92 Å². The van der Waals surface area contributed by atoms with Crippen molar-refractivity contribution in [2.75, 3.05) is 17.8 Å². The Hall–Kier alpha value is -1.06. The lowest BCUT2D eigenvalue weighted by Gasteiger charge is -2.11. The predicted octanol–water partition coefficient (Wildman–Crippen LogP) is 1.50. The summed E-state index contributed by atoms with van der Waals surface area (Å²) in [4.78, 5) is 6.64. The van der Waals surface area contributed by atoms with Crippen molar-refractivity contribution in [2.45, 2.75) is 18.1 Å². The number of hydrogen-bond acceptors (Lipinski definition) is 6. The number of nitrogen functional groups attached to an aromatic ring is 1. The summed E-state index contributed by atoms with van der Waals surface area (Å²) in [6.45, 7) is 1.74. The molecule has 18 heavy (non-hydrogen) atoms. The normalized spacial score (nSPS) is 13.4. The van der Waals surface area contributed by atoms with Crippen molar-refractivity contribution in [3.05, 3.63) is 11.9 Å². The van der Waals surface area contributed by atoms with Crippen LogP contribution in [0.15, 0.2) is 11.1 Å². The molecule has 5 nitrogen and oxygen atoms in total. The molecule has 0 aliphatic carbocycles. The Balaban J connectivity index is 2.91. The van der Waals surface area contributed by atoms with Gasteiger partial charge in [-0.2, -0.15) is 13.2 Å². The number of nitrogens with two attached hydrogens (primary N) is 1. The first-order valence-corrected chi connectivity index (χ1v) is 6.02. The number of alkyl halides is 3. The van der Waals surface area contributed by atoms with E-state index in [2.05, 4.69) is 15.4 Å². The Kier molecular flexibility index (Phi) is 5.17. The molecule has 4 N–H and O–H groups in total. The van der Waals surface area contributed by atoms with Crippen molar-refractivity contribution in [1.29, 1.82) is 0 Å². The maximum absolute atomic E-state index is 12.5. The molecule has 0 radical (unpaired) electrons. The standard InChI is InChI=1S/C9H13F3N4OS/c1-5(3-17)4-18-7-2-6(16-13)14-8(15-7)9(10,11)12/h2,5,17H,3-4,13H2,1H3,(H,14,15,16). The summed E-state index contributed by atoms with van der Waals surface area (Å²) in [5.41, 5.74) is 2.07. The van der Waals surface area contributed by atoms with Gasteiger partial charge in [0, 0.05) is 18.4 Å². The third kappa shape index (κ3) is 4.31. The van der Waals surface area contributed by atoms with E-state index in [4.69, 9.17) is 10.9 Å². The van der Waals surface area contributed by atoms with E-state index in [1.807, 2.05) is 0 Å². The molecule has 1 aromatic heterocycles. The lowest BCUT2D eigenvalue weighted by atomic mass is 10.2. The van der Waals surface area contributed by atoms with Gasteiger partial charge >= 0.3 is 6.18 Å². The quantitative estimate of drug-likeness (QED) is 0.328. The number of halogens is 3. The van der Waals surface area contributed by atoms with Crippen molar-refractivity contribution in [2.24, 2.45) is 11.8 Å². The number of aliphatic hydroxyl groups excluding tert-OH is 1. The summed E-state index contributed by atoms with van der Waals surface area (Å²) in [7, 11) is 0. The second kappa shape index (κ2) is 6.21. The number of anilines is 1.